The van der Waals surface area contributed by atoms with Crippen LogP contribution >= 0.6 is 0 Å². The minimum atomic E-state index is 0.276. The summed E-state index contributed by atoms with van der Waals surface area (Å²) in [6.07, 6.45) is 0. The van der Waals surface area contributed by atoms with E-state index in [1.165, 1.54) is 0 Å². The highest BCUT2D eigenvalue weighted by molar-refractivity contribution is 6.07. The maximum absolute atomic E-state index is 9.14. The second-order valence-corrected chi connectivity index (χ2v) is 5.10. The molecule has 0 fully saturated rings. The van der Waals surface area contributed by atoms with Crippen LogP contribution in [0, 0.1) is 18.3 Å². The minimum absolute atomic E-state index is 0.276. The van der Waals surface area contributed by atoms with Crippen LogP contribution in [0.3, 0.4) is 0 Å². The summed E-state index contributed by atoms with van der Waals surface area (Å²) in [7, 11) is 0. The molecule has 0 atom stereocenters. The molecule has 2 heterocycles. The van der Waals surface area contributed by atoms with Crippen molar-refractivity contribution in [3.05, 3.63) is 48.0 Å². The molecule has 2 aromatic heterocycles. The van der Waals surface area contributed by atoms with E-state index in [-0.39, 0.29) is 6.54 Å². The third-order valence-electron chi connectivity index (χ3n) is 3.80. The highest BCUT2D eigenvalue weighted by Gasteiger charge is 2.15. The van der Waals surface area contributed by atoms with Crippen LogP contribution in [-0.4, -0.2) is 14.5 Å². The number of hydrogen-bond donors (Lipinski definition) is 0. The van der Waals surface area contributed by atoms with E-state index < -0.39 is 0 Å². The number of aryl methyl sites for hydroxylation is 1. The predicted molar refractivity (Wildman–Crippen MR) is 82.9 cm³/mol. The predicted octanol–water partition coefficient (Wildman–Crippen LogP) is 3.57. The summed E-state index contributed by atoms with van der Waals surface area (Å²) in [5.41, 5.74) is 5.55. The van der Waals surface area contributed by atoms with E-state index in [9.17, 15) is 0 Å². The zero-order valence-corrected chi connectivity index (χ0v) is 11.5. The Bertz CT molecular complexity index is 1040. The highest BCUT2D eigenvalue weighted by atomic mass is 15.1. The summed E-state index contributed by atoms with van der Waals surface area (Å²) in [5.74, 6) is 0. The molecule has 0 aliphatic carbocycles. The first kappa shape index (κ1) is 11.9. The molecule has 0 saturated carbocycles. The normalized spacial score (nSPS) is 11.2. The fraction of sp³-hybridized carbons (Fsp3) is 0.118. The quantitative estimate of drug-likeness (QED) is 0.532. The van der Waals surface area contributed by atoms with Gasteiger partial charge in [-0.1, -0.05) is 30.3 Å². The van der Waals surface area contributed by atoms with Gasteiger partial charge in [-0.3, -0.25) is 0 Å². The number of fused-ring (bicyclic) bond motifs is 4. The Labute approximate surface area is 121 Å². The van der Waals surface area contributed by atoms with Crippen molar-refractivity contribution in [2.45, 2.75) is 13.5 Å². The minimum Gasteiger partial charge on any atom is -0.310 e. The molecule has 0 aliphatic rings. The first-order chi connectivity index (χ1) is 10.3. The van der Waals surface area contributed by atoms with Gasteiger partial charge in [0, 0.05) is 5.39 Å². The summed E-state index contributed by atoms with van der Waals surface area (Å²) in [6.45, 7) is 2.33. The molecule has 0 saturated heterocycles. The van der Waals surface area contributed by atoms with Crippen LogP contribution in [0.1, 0.15) is 5.56 Å². The van der Waals surface area contributed by atoms with Gasteiger partial charge in [-0.2, -0.15) is 5.26 Å². The summed E-state index contributed by atoms with van der Waals surface area (Å²) in [4.78, 5) is 9.48. The van der Waals surface area contributed by atoms with Crippen molar-refractivity contribution >= 4 is 33.1 Å². The fourth-order valence-corrected chi connectivity index (χ4v) is 2.90. The topological polar surface area (TPSA) is 54.5 Å². The monoisotopic (exact) mass is 272 g/mol. The molecule has 21 heavy (non-hydrogen) atoms. The Kier molecular flexibility index (Phi) is 2.42. The van der Waals surface area contributed by atoms with Gasteiger partial charge in [0.15, 0.2) is 5.65 Å². The van der Waals surface area contributed by atoms with Crippen LogP contribution in [0.15, 0.2) is 42.5 Å². The number of hydrogen-bond acceptors (Lipinski definition) is 3. The fourth-order valence-electron chi connectivity index (χ4n) is 2.90. The molecule has 0 spiro atoms. The van der Waals surface area contributed by atoms with E-state index in [0.717, 1.165) is 38.7 Å². The lowest BCUT2D eigenvalue weighted by Crippen LogP contribution is -1.98. The molecule has 4 nitrogen and oxygen atoms in total. The Balaban J connectivity index is 2.28. The maximum atomic E-state index is 9.14. The van der Waals surface area contributed by atoms with Gasteiger partial charge in [0.05, 0.1) is 22.6 Å². The number of aromatic nitrogens is 3. The van der Waals surface area contributed by atoms with Gasteiger partial charge in [0.25, 0.3) is 0 Å². The third kappa shape index (κ3) is 1.61. The van der Waals surface area contributed by atoms with Crippen molar-refractivity contribution < 1.29 is 0 Å². The first-order valence-corrected chi connectivity index (χ1v) is 6.81. The number of nitriles is 1. The molecule has 0 amide bonds. The number of rotatable bonds is 1. The lowest BCUT2D eigenvalue weighted by molar-refractivity contribution is 0.893. The zero-order valence-electron chi connectivity index (χ0n) is 11.5. The van der Waals surface area contributed by atoms with Crippen molar-refractivity contribution in [3.8, 4) is 6.07 Å². The summed E-state index contributed by atoms with van der Waals surface area (Å²) in [5, 5.41) is 10.2. The summed E-state index contributed by atoms with van der Waals surface area (Å²) < 4.78 is 1.96. The maximum Gasteiger partial charge on any atom is 0.161 e. The van der Waals surface area contributed by atoms with Gasteiger partial charge >= 0.3 is 0 Å². The number of benzene rings is 2. The van der Waals surface area contributed by atoms with Crippen LogP contribution in [0.2, 0.25) is 0 Å². The van der Waals surface area contributed by atoms with Crippen LogP contribution in [0.4, 0.5) is 0 Å². The van der Waals surface area contributed by atoms with Gasteiger partial charge in [-0.05, 0) is 24.6 Å². The van der Waals surface area contributed by atoms with Crippen molar-refractivity contribution in [3.63, 3.8) is 0 Å². The van der Waals surface area contributed by atoms with Crippen LogP contribution in [-0.2, 0) is 6.54 Å². The van der Waals surface area contributed by atoms with Gasteiger partial charge < -0.3 is 4.57 Å². The largest absolute Gasteiger partial charge is 0.310 e. The van der Waals surface area contributed by atoms with Crippen molar-refractivity contribution in [2.75, 3.05) is 0 Å². The van der Waals surface area contributed by atoms with E-state index in [1.54, 1.807) is 0 Å². The molecule has 0 N–H and O–H groups in total. The highest BCUT2D eigenvalue weighted by Crippen LogP contribution is 2.29. The Morgan fingerprint density at radius 1 is 1.05 bits per heavy atom. The van der Waals surface area contributed by atoms with E-state index in [0.29, 0.717) is 0 Å². The van der Waals surface area contributed by atoms with Crippen molar-refractivity contribution in [1.29, 1.82) is 5.26 Å². The third-order valence-corrected chi connectivity index (χ3v) is 3.80. The van der Waals surface area contributed by atoms with Crippen molar-refractivity contribution in [1.82, 2.24) is 14.5 Å². The SMILES string of the molecule is Cc1cccc2c3nc4ccccc4nc3n(CC#N)c12. The van der Waals surface area contributed by atoms with Crippen LogP contribution < -0.4 is 0 Å². The van der Waals surface area contributed by atoms with E-state index in [4.69, 9.17) is 15.2 Å². The van der Waals surface area contributed by atoms with Gasteiger partial charge in [-0.15, -0.1) is 0 Å². The zero-order chi connectivity index (χ0) is 14.4. The number of nitrogens with zero attached hydrogens (tertiary/aromatic N) is 4. The van der Waals surface area contributed by atoms with E-state index >= 15 is 0 Å². The molecule has 4 aromatic rings. The molecular weight excluding hydrogens is 260 g/mol. The van der Waals surface area contributed by atoms with E-state index in [1.807, 2.05) is 41.0 Å². The lowest BCUT2D eigenvalue weighted by Gasteiger charge is -2.03. The van der Waals surface area contributed by atoms with Gasteiger partial charge in [0.1, 0.15) is 12.1 Å². The average Bonchev–Trinajstić information content (AvgIpc) is 2.81. The molecule has 0 unspecified atom stereocenters. The Morgan fingerprint density at radius 2 is 1.81 bits per heavy atom. The molecule has 0 aliphatic heterocycles. The van der Waals surface area contributed by atoms with Gasteiger partial charge in [-0.25, -0.2) is 9.97 Å². The first-order valence-electron chi connectivity index (χ1n) is 6.81. The molecular formula is C17H12N4. The summed E-state index contributed by atoms with van der Waals surface area (Å²) >= 11 is 0. The van der Waals surface area contributed by atoms with E-state index in [2.05, 4.69) is 19.1 Å². The molecule has 100 valence electrons. The summed E-state index contributed by atoms with van der Waals surface area (Å²) in [6, 6.07) is 16.2. The second-order valence-electron chi connectivity index (χ2n) is 5.10. The molecule has 0 bridgehead atoms. The molecule has 2 aromatic carbocycles. The Hall–Kier alpha value is -2.93. The average molecular weight is 272 g/mol. The van der Waals surface area contributed by atoms with Crippen molar-refractivity contribution in [2.24, 2.45) is 0 Å². The van der Waals surface area contributed by atoms with Crippen LogP contribution in [0.25, 0.3) is 33.1 Å². The van der Waals surface area contributed by atoms with Crippen LogP contribution in [0.5, 0.6) is 0 Å². The second kappa shape index (κ2) is 4.29. The standard InChI is InChI=1S/C17H12N4/c1-11-5-4-6-12-15-17(21(10-9-18)16(11)12)20-14-8-3-2-7-13(14)19-15/h2-8H,10H2,1H3. The molecule has 4 rings (SSSR count). The lowest BCUT2D eigenvalue weighted by atomic mass is 10.1. The van der Waals surface area contributed by atoms with Gasteiger partial charge in [0.2, 0.25) is 0 Å². The Morgan fingerprint density at radius 3 is 2.57 bits per heavy atom. The number of para-hydroxylation sites is 3. The molecule has 0 radical (unpaired) electrons. The molecule has 4 heteroatoms. The smallest absolute Gasteiger partial charge is 0.161 e.